The number of nitrogen functional groups attached to an aromatic ring is 1. The molecule has 0 saturated carbocycles. The molecule has 0 saturated heterocycles. The van der Waals surface area contributed by atoms with Crippen molar-refractivity contribution in [2.75, 3.05) is 5.73 Å². The topological polar surface area (TPSA) is 85.4 Å². The minimum absolute atomic E-state index is 0.0361. The van der Waals surface area contributed by atoms with E-state index in [1.165, 1.54) is 6.07 Å². The van der Waals surface area contributed by atoms with Gasteiger partial charge in [-0.25, -0.2) is 4.79 Å². The van der Waals surface area contributed by atoms with E-state index in [1.807, 2.05) is 32.0 Å². The Labute approximate surface area is 117 Å². The van der Waals surface area contributed by atoms with E-state index in [-0.39, 0.29) is 11.3 Å². The first-order chi connectivity index (χ1) is 9.40. The number of carboxylic acids is 1. The van der Waals surface area contributed by atoms with Gasteiger partial charge in [-0.15, -0.1) is 0 Å². The number of hydrogen-bond acceptors (Lipinski definition) is 4. The number of ether oxygens (including phenoxy) is 1. The Morgan fingerprint density at radius 2 is 2.05 bits per heavy atom. The molecule has 5 heteroatoms. The maximum atomic E-state index is 11.2. The van der Waals surface area contributed by atoms with Gasteiger partial charge in [-0.1, -0.05) is 6.07 Å². The number of aromatic nitrogens is 1. The zero-order valence-corrected chi connectivity index (χ0v) is 11.3. The van der Waals surface area contributed by atoms with Gasteiger partial charge >= 0.3 is 5.97 Å². The monoisotopic (exact) mass is 272 g/mol. The number of nitrogens with two attached hydrogens (primary N) is 1. The summed E-state index contributed by atoms with van der Waals surface area (Å²) in [6.45, 7) is 3.66. The lowest BCUT2D eigenvalue weighted by Crippen LogP contribution is -2.27. The van der Waals surface area contributed by atoms with Crippen LogP contribution >= 0.6 is 0 Å². The number of hydrogen-bond donors (Lipinski definition) is 2. The van der Waals surface area contributed by atoms with Gasteiger partial charge in [0.1, 0.15) is 16.9 Å². The number of benzene rings is 1. The smallest absolute Gasteiger partial charge is 0.339 e. The molecule has 2 aromatic rings. The third-order valence-electron chi connectivity index (χ3n) is 2.88. The van der Waals surface area contributed by atoms with Crippen LogP contribution in [0.5, 0.6) is 5.75 Å². The summed E-state index contributed by atoms with van der Waals surface area (Å²) >= 11 is 0. The van der Waals surface area contributed by atoms with Crippen molar-refractivity contribution in [3.05, 3.63) is 53.9 Å². The summed E-state index contributed by atoms with van der Waals surface area (Å²) < 4.78 is 5.84. The lowest BCUT2D eigenvalue weighted by atomic mass is 10.0. The zero-order chi connectivity index (χ0) is 14.8. The van der Waals surface area contributed by atoms with Crippen LogP contribution in [0, 0.1) is 0 Å². The minimum Gasteiger partial charge on any atom is -0.481 e. The van der Waals surface area contributed by atoms with Crippen molar-refractivity contribution in [1.82, 2.24) is 4.98 Å². The summed E-state index contributed by atoms with van der Waals surface area (Å²) in [5.41, 5.74) is 5.99. The molecule has 0 fully saturated rings. The quantitative estimate of drug-likeness (QED) is 0.836. The molecule has 3 N–H and O–H groups in total. The predicted octanol–water partition coefficient (Wildman–Crippen LogP) is 2.68. The highest BCUT2D eigenvalue weighted by Gasteiger charge is 2.26. The van der Waals surface area contributed by atoms with Crippen LogP contribution in [0.4, 0.5) is 5.69 Å². The number of carboxylic acid groups (broad SMARTS) is 1. The van der Waals surface area contributed by atoms with E-state index in [1.54, 1.807) is 18.3 Å². The molecule has 1 aromatic heterocycles. The SMILES string of the molecule is CC(C)(Oc1ccc(N)cc1C(=O)O)c1ccccn1. The van der Waals surface area contributed by atoms with Crippen LogP contribution in [0.2, 0.25) is 0 Å². The summed E-state index contributed by atoms with van der Waals surface area (Å²) in [6, 6.07) is 10.0. The minimum atomic E-state index is -1.08. The molecule has 0 atom stereocenters. The van der Waals surface area contributed by atoms with Gasteiger partial charge in [0.25, 0.3) is 0 Å². The average molecular weight is 272 g/mol. The number of nitrogens with zero attached hydrogens (tertiary/aromatic N) is 1. The fourth-order valence-electron chi connectivity index (χ4n) is 1.85. The van der Waals surface area contributed by atoms with Crippen molar-refractivity contribution in [2.45, 2.75) is 19.4 Å². The summed E-state index contributed by atoms with van der Waals surface area (Å²) in [7, 11) is 0. The number of anilines is 1. The third kappa shape index (κ3) is 2.88. The van der Waals surface area contributed by atoms with E-state index >= 15 is 0 Å². The maximum absolute atomic E-state index is 11.2. The van der Waals surface area contributed by atoms with Gasteiger partial charge < -0.3 is 15.6 Å². The van der Waals surface area contributed by atoms with Crippen LogP contribution in [-0.4, -0.2) is 16.1 Å². The van der Waals surface area contributed by atoms with Crippen molar-refractivity contribution in [3.63, 3.8) is 0 Å². The van der Waals surface area contributed by atoms with Crippen molar-refractivity contribution < 1.29 is 14.6 Å². The molecule has 2 rings (SSSR count). The van der Waals surface area contributed by atoms with Crippen LogP contribution in [0.3, 0.4) is 0 Å². The van der Waals surface area contributed by atoms with Crippen molar-refractivity contribution >= 4 is 11.7 Å². The third-order valence-corrected chi connectivity index (χ3v) is 2.88. The van der Waals surface area contributed by atoms with E-state index in [0.29, 0.717) is 11.4 Å². The molecule has 1 heterocycles. The molecule has 1 aromatic carbocycles. The van der Waals surface area contributed by atoms with E-state index in [4.69, 9.17) is 10.5 Å². The highest BCUT2D eigenvalue weighted by molar-refractivity contribution is 5.92. The highest BCUT2D eigenvalue weighted by Crippen LogP contribution is 2.30. The second-order valence-electron chi connectivity index (χ2n) is 4.89. The molecule has 0 bridgehead atoms. The van der Waals surface area contributed by atoms with E-state index in [2.05, 4.69) is 4.98 Å². The van der Waals surface area contributed by atoms with Gasteiger partial charge in [0, 0.05) is 11.9 Å². The normalized spacial score (nSPS) is 11.1. The largest absolute Gasteiger partial charge is 0.481 e. The molecule has 5 nitrogen and oxygen atoms in total. The second kappa shape index (κ2) is 5.21. The van der Waals surface area contributed by atoms with Gasteiger partial charge in [0.2, 0.25) is 0 Å². The first kappa shape index (κ1) is 13.9. The summed E-state index contributed by atoms with van der Waals surface area (Å²) in [6.07, 6.45) is 1.67. The Bertz CT molecular complexity index is 624. The molecule has 104 valence electrons. The Morgan fingerprint density at radius 1 is 1.30 bits per heavy atom. The lowest BCUT2D eigenvalue weighted by molar-refractivity contribution is 0.0669. The first-order valence-electron chi connectivity index (χ1n) is 6.13. The molecule has 20 heavy (non-hydrogen) atoms. The number of aromatic carboxylic acids is 1. The Hall–Kier alpha value is -2.56. The van der Waals surface area contributed by atoms with E-state index in [9.17, 15) is 9.90 Å². The number of rotatable bonds is 4. The predicted molar refractivity (Wildman–Crippen MR) is 75.7 cm³/mol. The first-order valence-corrected chi connectivity index (χ1v) is 6.13. The zero-order valence-electron chi connectivity index (χ0n) is 11.3. The van der Waals surface area contributed by atoms with Gasteiger partial charge in [-0.2, -0.15) is 0 Å². The summed E-state index contributed by atoms with van der Waals surface area (Å²) in [4.78, 5) is 15.5. The Balaban J connectivity index is 2.37. The van der Waals surface area contributed by atoms with E-state index < -0.39 is 11.6 Å². The number of pyridine rings is 1. The van der Waals surface area contributed by atoms with Crippen molar-refractivity contribution in [3.8, 4) is 5.75 Å². The molecular formula is C15H16N2O3. The van der Waals surface area contributed by atoms with Gasteiger partial charge in [0.15, 0.2) is 0 Å². The van der Waals surface area contributed by atoms with E-state index in [0.717, 1.165) is 0 Å². The fourth-order valence-corrected chi connectivity index (χ4v) is 1.85. The lowest BCUT2D eigenvalue weighted by Gasteiger charge is -2.26. The second-order valence-corrected chi connectivity index (χ2v) is 4.89. The molecule has 0 radical (unpaired) electrons. The molecule has 0 amide bonds. The Kier molecular flexibility index (Phi) is 3.61. The highest BCUT2D eigenvalue weighted by atomic mass is 16.5. The van der Waals surface area contributed by atoms with Crippen LogP contribution in [0.1, 0.15) is 29.9 Å². The van der Waals surface area contributed by atoms with Crippen LogP contribution in [-0.2, 0) is 5.60 Å². The molecule has 0 aliphatic rings. The summed E-state index contributed by atoms with van der Waals surface area (Å²) in [5, 5.41) is 9.21. The molecule has 0 aliphatic carbocycles. The fraction of sp³-hybridized carbons (Fsp3) is 0.200. The average Bonchev–Trinajstić information content (AvgIpc) is 2.41. The van der Waals surface area contributed by atoms with Gasteiger partial charge in [-0.3, -0.25) is 4.98 Å². The van der Waals surface area contributed by atoms with Gasteiger partial charge in [0.05, 0.1) is 5.69 Å². The van der Waals surface area contributed by atoms with Crippen LogP contribution in [0.15, 0.2) is 42.6 Å². The molecular weight excluding hydrogens is 256 g/mol. The standard InChI is InChI=1S/C15H16N2O3/c1-15(2,13-5-3-4-8-17-13)20-12-7-6-10(16)9-11(12)14(18)19/h3-9H,16H2,1-2H3,(H,18,19). The molecule has 0 unspecified atom stereocenters. The molecule has 0 spiro atoms. The molecule has 0 aliphatic heterocycles. The van der Waals surface area contributed by atoms with Gasteiger partial charge in [-0.05, 0) is 44.2 Å². The maximum Gasteiger partial charge on any atom is 0.339 e. The van der Waals surface area contributed by atoms with Crippen molar-refractivity contribution in [1.29, 1.82) is 0 Å². The van der Waals surface area contributed by atoms with Crippen molar-refractivity contribution in [2.24, 2.45) is 0 Å². The van der Waals surface area contributed by atoms with Crippen LogP contribution in [0.25, 0.3) is 0 Å². The van der Waals surface area contributed by atoms with Crippen LogP contribution < -0.4 is 10.5 Å². The number of carbonyl (C=O) groups is 1. The Morgan fingerprint density at radius 3 is 2.65 bits per heavy atom. The summed E-state index contributed by atoms with van der Waals surface area (Å²) in [5.74, 6) is -0.813.